The highest BCUT2D eigenvalue weighted by atomic mass is 16.4. The van der Waals surface area contributed by atoms with Gasteiger partial charge in [-0.15, -0.1) is 5.10 Å². The monoisotopic (exact) mass is 246 g/mol. The maximum Gasteiger partial charge on any atom is 0.354 e. The van der Waals surface area contributed by atoms with Gasteiger partial charge in [-0.3, -0.25) is 0 Å². The summed E-state index contributed by atoms with van der Waals surface area (Å²) in [5, 5.41) is 13.5. The Bertz CT molecular complexity index is 616. The molecule has 1 fully saturated rings. The van der Waals surface area contributed by atoms with Gasteiger partial charge in [0.15, 0.2) is 11.5 Å². The van der Waals surface area contributed by atoms with Crippen LogP contribution in [0, 0.1) is 0 Å². The zero-order chi connectivity index (χ0) is 12.7. The first-order valence-electron chi connectivity index (χ1n) is 6.19. The van der Waals surface area contributed by atoms with Crippen molar-refractivity contribution in [3.8, 4) is 0 Å². The first kappa shape index (κ1) is 11.1. The number of fused-ring (bicyclic) bond motifs is 1. The van der Waals surface area contributed by atoms with E-state index in [9.17, 15) is 9.90 Å². The van der Waals surface area contributed by atoms with Crippen molar-refractivity contribution >= 4 is 11.7 Å². The summed E-state index contributed by atoms with van der Waals surface area (Å²) in [6, 6.07) is 1.59. The molecule has 2 aromatic rings. The summed E-state index contributed by atoms with van der Waals surface area (Å²) in [4.78, 5) is 20.0. The van der Waals surface area contributed by atoms with E-state index in [4.69, 9.17) is 0 Å². The second-order valence-corrected chi connectivity index (χ2v) is 4.64. The van der Waals surface area contributed by atoms with Crippen LogP contribution in [0.2, 0.25) is 0 Å². The van der Waals surface area contributed by atoms with Crippen molar-refractivity contribution in [3.63, 3.8) is 0 Å². The number of aromatic nitrogens is 4. The molecule has 1 aliphatic carbocycles. The van der Waals surface area contributed by atoms with Crippen LogP contribution in [0.4, 0.5) is 0 Å². The lowest BCUT2D eigenvalue weighted by Crippen LogP contribution is -2.09. The van der Waals surface area contributed by atoms with Gasteiger partial charge < -0.3 is 5.11 Å². The van der Waals surface area contributed by atoms with E-state index in [-0.39, 0.29) is 5.69 Å². The van der Waals surface area contributed by atoms with E-state index >= 15 is 0 Å². The van der Waals surface area contributed by atoms with E-state index in [1.54, 1.807) is 6.07 Å². The normalized spacial score (nSPS) is 15.2. The highest BCUT2D eigenvalue weighted by Crippen LogP contribution is 2.38. The third kappa shape index (κ3) is 1.83. The molecule has 6 heteroatoms. The van der Waals surface area contributed by atoms with Gasteiger partial charge in [-0.2, -0.15) is 9.50 Å². The molecular weight excluding hydrogens is 232 g/mol. The van der Waals surface area contributed by atoms with Gasteiger partial charge in [-0.25, -0.2) is 9.78 Å². The summed E-state index contributed by atoms with van der Waals surface area (Å²) >= 11 is 0. The van der Waals surface area contributed by atoms with Crippen molar-refractivity contribution in [1.29, 1.82) is 0 Å². The van der Waals surface area contributed by atoms with Gasteiger partial charge in [0, 0.05) is 11.6 Å². The fraction of sp³-hybridized carbons (Fsp3) is 0.500. The fourth-order valence-corrected chi connectivity index (χ4v) is 1.98. The maximum atomic E-state index is 11.2. The average Bonchev–Trinajstić information content (AvgIpc) is 3.09. The fourth-order valence-electron chi connectivity index (χ4n) is 1.98. The van der Waals surface area contributed by atoms with Crippen LogP contribution in [0.1, 0.15) is 54.1 Å². The summed E-state index contributed by atoms with van der Waals surface area (Å²) in [6.07, 6.45) is 3.84. The topological polar surface area (TPSA) is 80.4 Å². The van der Waals surface area contributed by atoms with E-state index in [0.29, 0.717) is 11.7 Å². The number of hydrogen-bond donors (Lipinski definition) is 1. The molecule has 18 heavy (non-hydrogen) atoms. The maximum absolute atomic E-state index is 11.2. The third-order valence-corrected chi connectivity index (χ3v) is 3.05. The minimum Gasteiger partial charge on any atom is -0.477 e. The SMILES string of the molecule is CCCc1cc(C(=O)O)n2nc(C3CC3)nc2n1. The second kappa shape index (κ2) is 4.04. The molecule has 2 aromatic heterocycles. The van der Waals surface area contributed by atoms with E-state index in [1.807, 2.05) is 6.92 Å². The number of aryl methyl sites for hydroxylation is 1. The molecule has 0 aromatic carbocycles. The highest BCUT2D eigenvalue weighted by molar-refractivity contribution is 5.86. The lowest BCUT2D eigenvalue weighted by molar-refractivity contribution is 0.0687. The van der Waals surface area contributed by atoms with Crippen LogP contribution < -0.4 is 0 Å². The smallest absolute Gasteiger partial charge is 0.354 e. The van der Waals surface area contributed by atoms with Crippen molar-refractivity contribution in [2.75, 3.05) is 0 Å². The Morgan fingerprint density at radius 3 is 2.89 bits per heavy atom. The van der Waals surface area contributed by atoms with Gasteiger partial charge in [0.2, 0.25) is 0 Å². The predicted molar refractivity (Wildman–Crippen MR) is 63.7 cm³/mol. The Morgan fingerprint density at radius 1 is 1.50 bits per heavy atom. The van der Waals surface area contributed by atoms with Gasteiger partial charge in [-0.1, -0.05) is 13.3 Å². The second-order valence-electron chi connectivity index (χ2n) is 4.64. The minimum absolute atomic E-state index is 0.142. The number of hydrogen-bond acceptors (Lipinski definition) is 4. The van der Waals surface area contributed by atoms with Crippen LogP contribution >= 0.6 is 0 Å². The molecular formula is C12H14N4O2. The Hall–Kier alpha value is -1.98. The average molecular weight is 246 g/mol. The number of carbonyl (C=O) groups is 1. The Labute approximate surface area is 104 Å². The molecule has 0 unspecified atom stereocenters. The quantitative estimate of drug-likeness (QED) is 0.887. The summed E-state index contributed by atoms with van der Waals surface area (Å²) < 4.78 is 1.34. The lowest BCUT2D eigenvalue weighted by Gasteiger charge is -2.02. The van der Waals surface area contributed by atoms with Gasteiger partial charge >= 0.3 is 5.97 Å². The predicted octanol–water partition coefficient (Wildman–Crippen LogP) is 1.65. The van der Waals surface area contributed by atoms with Crippen LogP contribution in [0.3, 0.4) is 0 Å². The standard InChI is InChI=1S/C12H14N4O2/c1-2-3-8-6-9(11(17)18)16-12(13-8)14-10(15-16)7-4-5-7/h6-7H,2-5H2,1H3,(H,17,18). The molecule has 6 nitrogen and oxygen atoms in total. The Morgan fingerprint density at radius 2 is 2.28 bits per heavy atom. The summed E-state index contributed by atoms with van der Waals surface area (Å²) in [5.41, 5.74) is 0.903. The van der Waals surface area contributed by atoms with E-state index in [1.165, 1.54) is 4.52 Å². The van der Waals surface area contributed by atoms with Crippen molar-refractivity contribution in [2.45, 2.75) is 38.5 Å². The summed E-state index contributed by atoms with van der Waals surface area (Å²) in [6.45, 7) is 2.03. The minimum atomic E-state index is -0.994. The highest BCUT2D eigenvalue weighted by Gasteiger charge is 2.29. The molecule has 1 saturated carbocycles. The van der Waals surface area contributed by atoms with Crippen LogP contribution in [0.25, 0.3) is 5.78 Å². The van der Waals surface area contributed by atoms with E-state index in [2.05, 4.69) is 15.1 Å². The van der Waals surface area contributed by atoms with Crippen molar-refractivity contribution in [2.24, 2.45) is 0 Å². The summed E-state index contributed by atoms with van der Waals surface area (Å²) in [5.74, 6) is 0.522. The molecule has 3 rings (SSSR count). The zero-order valence-corrected chi connectivity index (χ0v) is 10.1. The molecule has 0 atom stereocenters. The van der Waals surface area contributed by atoms with E-state index < -0.39 is 5.97 Å². The van der Waals surface area contributed by atoms with Gasteiger partial charge in [-0.05, 0) is 25.3 Å². The van der Waals surface area contributed by atoms with Crippen LogP contribution in [0.15, 0.2) is 6.07 Å². The molecule has 2 heterocycles. The molecule has 0 amide bonds. The Balaban J connectivity index is 2.16. The number of carboxylic acids is 1. The number of rotatable bonds is 4. The third-order valence-electron chi connectivity index (χ3n) is 3.05. The van der Waals surface area contributed by atoms with Crippen molar-refractivity contribution in [1.82, 2.24) is 19.6 Å². The van der Waals surface area contributed by atoms with Crippen LogP contribution in [-0.4, -0.2) is 30.7 Å². The number of aromatic carboxylic acids is 1. The Kier molecular flexibility index (Phi) is 2.50. The molecule has 0 spiro atoms. The molecule has 0 saturated heterocycles. The molecule has 0 aliphatic heterocycles. The first-order chi connectivity index (χ1) is 8.69. The van der Waals surface area contributed by atoms with E-state index in [0.717, 1.165) is 37.2 Å². The number of nitrogens with zero attached hydrogens (tertiary/aromatic N) is 4. The molecule has 1 N–H and O–H groups in total. The van der Waals surface area contributed by atoms with Gasteiger partial charge in [0.05, 0.1) is 0 Å². The van der Waals surface area contributed by atoms with Crippen molar-refractivity contribution < 1.29 is 9.90 Å². The molecule has 0 bridgehead atoms. The number of carboxylic acid groups (broad SMARTS) is 1. The first-order valence-corrected chi connectivity index (χ1v) is 6.19. The lowest BCUT2D eigenvalue weighted by atomic mass is 10.2. The van der Waals surface area contributed by atoms with Crippen molar-refractivity contribution in [3.05, 3.63) is 23.3 Å². The largest absolute Gasteiger partial charge is 0.477 e. The zero-order valence-electron chi connectivity index (χ0n) is 10.1. The molecule has 1 aliphatic rings. The molecule has 0 radical (unpaired) electrons. The summed E-state index contributed by atoms with van der Waals surface area (Å²) in [7, 11) is 0. The van der Waals surface area contributed by atoms with Gasteiger partial charge in [0.1, 0.15) is 0 Å². The molecule has 94 valence electrons. The van der Waals surface area contributed by atoms with Gasteiger partial charge in [0.25, 0.3) is 5.78 Å². The van der Waals surface area contributed by atoms with Crippen LogP contribution in [-0.2, 0) is 6.42 Å². The van der Waals surface area contributed by atoms with Crippen LogP contribution in [0.5, 0.6) is 0 Å².